The molecular weight excluding hydrogens is 395 g/mol. The van der Waals surface area contributed by atoms with Gasteiger partial charge < -0.3 is 15.4 Å². The number of halogens is 3. The van der Waals surface area contributed by atoms with Crippen molar-refractivity contribution in [1.29, 1.82) is 0 Å². The lowest BCUT2D eigenvalue weighted by molar-refractivity contribution is -0.274. The molecule has 0 bridgehead atoms. The van der Waals surface area contributed by atoms with Gasteiger partial charge in [-0.3, -0.25) is 0 Å². The average Bonchev–Trinajstić information content (AvgIpc) is 3.56. The van der Waals surface area contributed by atoms with Crippen LogP contribution in [0.3, 0.4) is 0 Å². The van der Waals surface area contributed by atoms with E-state index < -0.39 is 6.36 Å². The minimum absolute atomic E-state index is 0.228. The summed E-state index contributed by atoms with van der Waals surface area (Å²) in [7, 11) is 0. The first kappa shape index (κ1) is 20.8. The second-order valence-electron chi connectivity index (χ2n) is 8.25. The molecule has 30 heavy (non-hydrogen) atoms. The summed E-state index contributed by atoms with van der Waals surface area (Å²) in [6, 6.07) is 6.30. The Hall–Kier alpha value is -2.42. The molecule has 9 heteroatoms. The smallest absolute Gasteiger partial charge is 0.406 e. The largest absolute Gasteiger partial charge is 0.573 e. The third kappa shape index (κ3) is 5.81. The summed E-state index contributed by atoms with van der Waals surface area (Å²) in [5.74, 6) is 2.31. The lowest BCUT2D eigenvalue weighted by Crippen LogP contribution is -2.28. The van der Waals surface area contributed by atoms with E-state index in [9.17, 15) is 13.2 Å². The van der Waals surface area contributed by atoms with E-state index in [1.807, 2.05) is 0 Å². The number of rotatable bonds is 9. The van der Waals surface area contributed by atoms with E-state index in [4.69, 9.17) is 0 Å². The quantitative estimate of drug-likeness (QED) is 0.620. The minimum Gasteiger partial charge on any atom is -0.406 e. The molecule has 2 aliphatic rings. The van der Waals surface area contributed by atoms with Crippen LogP contribution in [0.5, 0.6) is 5.75 Å². The molecule has 4 rings (SSSR count). The fourth-order valence-corrected chi connectivity index (χ4v) is 3.46. The summed E-state index contributed by atoms with van der Waals surface area (Å²) in [5, 5.41) is 6.77. The van der Waals surface area contributed by atoms with Crippen LogP contribution in [0.4, 0.5) is 19.1 Å². The minimum atomic E-state index is -4.75. The molecule has 2 saturated carbocycles. The van der Waals surface area contributed by atoms with Gasteiger partial charge in [0.1, 0.15) is 11.6 Å². The molecule has 1 aromatic carbocycles. The van der Waals surface area contributed by atoms with Crippen LogP contribution in [-0.4, -0.2) is 33.4 Å². The summed E-state index contributed by atoms with van der Waals surface area (Å²) < 4.78 is 41.8. The highest BCUT2D eigenvalue weighted by Gasteiger charge is 2.31. The van der Waals surface area contributed by atoms with Gasteiger partial charge in [-0.05, 0) is 63.5 Å². The third-order valence-corrected chi connectivity index (χ3v) is 5.60. The number of nitrogens with one attached hydrogen (secondary N) is 2. The van der Waals surface area contributed by atoms with Crippen molar-refractivity contribution in [2.24, 2.45) is 11.8 Å². The highest BCUT2D eigenvalue weighted by Crippen LogP contribution is 2.34. The molecule has 2 aliphatic carbocycles. The van der Waals surface area contributed by atoms with Crippen molar-refractivity contribution < 1.29 is 17.9 Å². The number of aromatic nitrogens is 3. The topological polar surface area (TPSA) is 72.0 Å². The molecule has 0 saturated heterocycles. The van der Waals surface area contributed by atoms with Crippen molar-refractivity contribution >= 4 is 5.95 Å². The molecule has 1 aromatic heterocycles. The van der Waals surface area contributed by atoms with Crippen molar-refractivity contribution in [3.8, 4) is 17.1 Å². The van der Waals surface area contributed by atoms with E-state index in [0.29, 0.717) is 47.6 Å². The second kappa shape index (κ2) is 8.37. The van der Waals surface area contributed by atoms with Crippen molar-refractivity contribution in [1.82, 2.24) is 20.3 Å². The van der Waals surface area contributed by atoms with Gasteiger partial charge in [-0.1, -0.05) is 12.1 Å². The van der Waals surface area contributed by atoms with Crippen LogP contribution in [-0.2, 0) is 6.54 Å². The van der Waals surface area contributed by atoms with E-state index in [0.717, 1.165) is 0 Å². The SMILES string of the molecule is C[C@@H](NCc1nc(N[C@H](C)C2CC2)nc(-c2cccc(OC(F)(F)F)c2)n1)C1CC1. The van der Waals surface area contributed by atoms with E-state index in [2.05, 4.69) is 44.2 Å². The normalized spacial score (nSPS) is 18.7. The fraction of sp³-hybridized carbons (Fsp3) is 0.571. The van der Waals surface area contributed by atoms with Crippen LogP contribution in [0.1, 0.15) is 45.4 Å². The number of ether oxygens (including phenoxy) is 1. The molecule has 0 amide bonds. The van der Waals surface area contributed by atoms with Gasteiger partial charge in [0.05, 0.1) is 6.54 Å². The van der Waals surface area contributed by atoms with Gasteiger partial charge in [-0.15, -0.1) is 13.2 Å². The lowest BCUT2D eigenvalue weighted by Gasteiger charge is -2.16. The third-order valence-electron chi connectivity index (χ3n) is 5.60. The number of benzene rings is 1. The zero-order valence-electron chi connectivity index (χ0n) is 17.0. The van der Waals surface area contributed by atoms with Crippen LogP contribution in [0.15, 0.2) is 24.3 Å². The van der Waals surface area contributed by atoms with Gasteiger partial charge >= 0.3 is 6.36 Å². The first-order chi connectivity index (χ1) is 14.3. The molecule has 0 unspecified atom stereocenters. The molecule has 1 heterocycles. The summed E-state index contributed by atoms with van der Waals surface area (Å²) >= 11 is 0. The molecule has 2 atom stereocenters. The average molecular weight is 421 g/mol. The maximum atomic E-state index is 12.6. The number of nitrogens with zero attached hydrogens (tertiary/aromatic N) is 3. The van der Waals surface area contributed by atoms with Crippen LogP contribution in [0, 0.1) is 11.8 Å². The van der Waals surface area contributed by atoms with Gasteiger partial charge in [-0.25, -0.2) is 4.98 Å². The monoisotopic (exact) mass is 421 g/mol. The van der Waals surface area contributed by atoms with Crippen molar-refractivity contribution in [2.75, 3.05) is 5.32 Å². The Balaban J connectivity index is 1.58. The predicted molar refractivity (Wildman–Crippen MR) is 107 cm³/mol. The molecule has 2 fully saturated rings. The molecule has 2 N–H and O–H groups in total. The van der Waals surface area contributed by atoms with E-state index >= 15 is 0 Å². The fourth-order valence-electron chi connectivity index (χ4n) is 3.46. The number of alkyl halides is 3. The Kier molecular flexibility index (Phi) is 5.81. The molecule has 162 valence electrons. The maximum Gasteiger partial charge on any atom is 0.573 e. The number of hydrogen-bond donors (Lipinski definition) is 2. The number of anilines is 1. The van der Waals surface area contributed by atoms with Crippen LogP contribution in [0.2, 0.25) is 0 Å². The van der Waals surface area contributed by atoms with Gasteiger partial charge in [0, 0.05) is 17.6 Å². The van der Waals surface area contributed by atoms with Crippen LogP contribution < -0.4 is 15.4 Å². The first-order valence-electron chi connectivity index (χ1n) is 10.4. The van der Waals surface area contributed by atoms with Crippen molar-refractivity contribution in [3.05, 3.63) is 30.1 Å². The van der Waals surface area contributed by atoms with Gasteiger partial charge in [0.2, 0.25) is 5.95 Å². The van der Waals surface area contributed by atoms with Crippen LogP contribution >= 0.6 is 0 Å². The second-order valence-corrected chi connectivity index (χ2v) is 8.25. The summed E-state index contributed by atoms with van der Waals surface area (Å²) in [6.07, 6.45) is 0.0628. The Morgan fingerprint density at radius 3 is 2.40 bits per heavy atom. The first-order valence-corrected chi connectivity index (χ1v) is 10.4. The Labute approximate surface area is 173 Å². The zero-order valence-corrected chi connectivity index (χ0v) is 17.0. The van der Waals surface area contributed by atoms with Crippen LogP contribution in [0.25, 0.3) is 11.4 Å². The Morgan fingerprint density at radius 1 is 1.03 bits per heavy atom. The molecule has 0 radical (unpaired) electrons. The molecule has 2 aromatic rings. The summed E-state index contributed by atoms with van der Waals surface area (Å²) in [4.78, 5) is 13.5. The Morgan fingerprint density at radius 2 is 1.73 bits per heavy atom. The van der Waals surface area contributed by atoms with Crippen molar-refractivity contribution in [2.45, 2.75) is 64.5 Å². The maximum absolute atomic E-state index is 12.6. The number of hydrogen-bond acceptors (Lipinski definition) is 6. The van der Waals surface area contributed by atoms with E-state index in [1.165, 1.54) is 43.9 Å². The Bertz CT molecular complexity index is 883. The van der Waals surface area contributed by atoms with Gasteiger partial charge in [-0.2, -0.15) is 9.97 Å². The molecular formula is C21H26F3N5O. The van der Waals surface area contributed by atoms with E-state index in [1.54, 1.807) is 6.07 Å². The lowest BCUT2D eigenvalue weighted by atomic mass is 10.2. The zero-order chi connectivity index (χ0) is 21.3. The van der Waals surface area contributed by atoms with Gasteiger partial charge in [0.15, 0.2) is 5.82 Å². The molecule has 0 spiro atoms. The predicted octanol–water partition coefficient (Wildman–Crippen LogP) is 4.54. The highest BCUT2D eigenvalue weighted by atomic mass is 19.4. The summed E-state index contributed by atoms with van der Waals surface area (Å²) in [6.45, 7) is 4.70. The molecule has 6 nitrogen and oxygen atoms in total. The van der Waals surface area contributed by atoms with Crippen molar-refractivity contribution in [3.63, 3.8) is 0 Å². The highest BCUT2D eigenvalue weighted by molar-refractivity contribution is 5.58. The molecule has 0 aliphatic heterocycles. The summed E-state index contributed by atoms with van der Waals surface area (Å²) in [5.41, 5.74) is 0.442. The van der Waals surface area contributed by atoms with E-state index in [-0.39, 0.29) is 11.8 Å². The van der Waals surface area contributed by atoms with Gasteiger partial charge in [0.25, 0.3) is 0 Å². The standard InChI is InChI=1S/C21H26F3N5O/c1-12(14-6-7-14)25-11-18-27-19(29-20(28-18)26-13(2)15-8-9-15)16-4-3-5-17(10-16)30-21(22,23)24/h3-5,10,12-15,25H,6-9,11H2,1-2H3,(H,26,27,28,29)/t12-,13-/m1/s1.